The zero-order chi connectivity index (χ0) is 15.8. The van der Waals surface area contributed by atoms with Crippen LogP contribution in [0, 0.1) is 0 Å². The Labute approximate surface area is 130 Å². The van der Waals surface area contributed by atoms with Crippen molar-refractivity contribution < 1.29 is 19.4 Å². The van der Waals surface area contributed by atoms with E-state index >= 15 is 0 Å². The quantitative estimate of drug-likeness (QED) is 0.796. The Balaban J connectivity index is 1.96. The number of carbonyl (C=O) groups excluding carboxylic acids is 1. The maximum absolute atomic E-state index is 11.4. The lowest BCUT2D eigenvalue weighted by atomic mass is 10.1. The molecule has 0 bridgehead atoms. The van der Waals surface area contributed by atoms with Gasteiger partial charge in [-0.05, 0) is 36.6 Å². The van der Waals surface area contributed by atoms with E-state index in [1.807, 2.05) is 30.3 Å². The number of aryl methyl sites for hydroxylation is 1. The number of carbonyl (C=O) groups is 1. The summed E-state index contributed by atoms with van der Waals surface area (Å²) >= 11 is 0. The minimum atomic E-state index is -0.220. The van der Waals surface area contributed by atoms with Crippen LogP contribution in [0.5, 0.6) is 11.5 Å². The summed E-state index contributed by atoms with van der Waals surface area (Å²) in [6.07, 6.45) is 0.873. The lowest BCUT2D eigenvalue weighted by molar-refractivity contribution is -0.143. The number of ether oxygens (including phenoxy) is 2. The number of hydrogen-bond donors (Lipinski definition) is 1. The molecule has 116 valence electrons. The average molecular weight is 300 g/mol. The van der Waals surface area contributed by atoms with Crippen LogP contribution in [-0.4, -0.2) is 17.7 Å². The van der Waals surface area contributed by atoms with Crippen molar-refractivity contribution in [1.82, 2.24) is 0 Å². The molecule has 0 aliphatic heterocycles. The highest BCUT2D eigenvalue weighted by molar-refractivity contribution is 5.69. The minimum absolute atomic E-state index is 0.0933. The van der Waals surface area contributed by atoms with E-state index in [-0.39, 0.29) is 11.7 Å². The number of benzene rings is 2. The second-order valence-electron chi connectivity index (χ2n) is 4.88. The highest BCUT2D eigenvalue weighted by Gasteiger charge is 2.07. The van der Waals surface area contributed by atoms with Crippen molar-refractivity contribution in [3.63, 3.8) is 0 Å². The lowest BCUT2D eigenvalue weighted by Crippen LogP contribution is -2.05. The molecule has 2 aromatic carbocycles. The van der Waals surface area contributed by atoms with Gasteiger partial charge in [-0.25, -0.2) is 0 Å². The molecule has 2 rings (SSSR count). The monoisotopic (exact) mass is 300 g/mol. The molecule has 0 unspecified atom stereocenters. The summed E-state index contributed by atoms with van der Waals surface area (Å²) in [6.45, 7) is 2.56. The predicted molar refractivity (Wildman–Crippen MR) is 83.8 cm³/mol. The topological polar surface area (TPSA) is 55.8 Å². The molecule has 1 N–H and O–H groups in total. The molecule has 0 saturated carbocycles. The molecule has 2 aromatic rings. The van der Waals surface area contributed by atoms with Gasteiger partial charge in [-0.3, -0.25) is 4.79 Å². The van der Waals surface area contributed by atoms with Crippen molar-refractivity contribution in [3.05, 3.63) is 59.7 Å². The highest BCUT2D eigenvalue weighted by Crippen LogP contribution is 2.28. The fraction of sp³-hybridized carbons (Fsp3) is 0.278. The minimum Gasteiger partial charge on any atom is -0.504 e. The summed E-state index contributed by atoms with van der Waals surface area (Å²) < 4.78 is 10.6. The van der Waals surface area contributed by atoms with Crippen LogP contribution in [0.4, 0.5) is 0 Å². The first kappa shape index (κ1) is 15.9. The van der Waals surface area contributed by atoms with Crippen LogP contribution in [0.3, 0.4) is 0 Å². The molecule has 0 atom stereocenters. The zero-order valence-electron chi connectivity index (χ0n) is 12.6. The molecule has 22 heavy (non-hydrogen) atoms. The Kier molecular flexibility index (Phi) is 5.83. The van der Waals surface area contributed by atoms with Gasteiger partial charge >= 0.3 is 5.97 Å². The van der Waals surface area contributed by atoms with Crippen molar-refractivity contribution >= 4 is 5.97 Å². The summed E-state index contributed by atoms with van der Waals surface area (Å²) in [7, 11) is 0. The largest absolute Gasteiger partial charge is 0.504 e. The van der Waals surface area contributed by atoms with E-state index in [2.05, 4.69) is 0 Å². The molecule has 0 spiro atoms. The number of aromatic hydroxyl groups is 1. The molecule has 0 radical (unpaired) electrons. The first-order chi connectivity index (χ1) is 10.7. The fourth-order valence-electron chi connectivity index (χ4n) is 2.04. The molecular formula is C18H20O4. The van der Waals surface area contributed by atoms with Crippen LogP contribution >= 0.6 is 0 Å². The number of rotatable bonds is 7. The molecule has 0 aromatic heterocycles. The van der Waals surface area contributed by atoms with E-state index in [1.165, 1.54) is 0 Å². The fourth-order valence-corrected chi connectivity index (χ4v) is 2.04. The van der Waals surface area contributed by atoms with Crippen LogP contribution in [0.2, 0.25) is 0 Å². The second kappa shape index (κ2) is 8.08. The van der Waals surface area contributed by atoms with Crippen LogP contribution in [-0.2, 0) is 22.6 Å². The van der Waals surface area contributed by atoms with Crippen LogP contribution < -0.4 is 4.74 Å². The maximum Gasteiger partial charge on any atom is 0.306 e. The Morgan fingerprint density at radius 3 is 2.59 bits per heavy atom. The molecule has 0 fully saturated rings. The SMILES string of the molecule is CCOC(=O)CCc1ccc(O)c(OCc2ccccc2)c1. The van der Waals surface area contributed by atoms with Gasteiger partial charge in [0, 0.05) is 6.42 Å². The van der Waals surface area contributed by atoms with Gasteiger partial charge in [0.1, 0.15) is 6.61 Å². The first-order valence-electron chi connectivity index (χ1n) is 7.33. The summed E-state index contributed by atoms with van der Waals surface area (Å²) in [6, 6.07) is 14.9. The van der Waals surface area contributed by atoms with Crippen LogP contribution in [0.15, 0.2) is 48.5 Å². The standard InChI is InChI=1S/C18H20O4/c1-2-21-18(20)11-9-14-8-10-16(19)17(12-14)22-13-15-6-4-3-5-7-15/h3-8,10,12,19H,2,9,11,13H2,1H3. The Morgan fingerprint density at radius 2 is 1.86 bits per heavy atom. The molecule has 0 amide bonds. The van der Waals surface area contributed by atoms with Crippen molar-refractivity contribution in [1.29, 1.82) is 0 Å². The summed E-state index contributed by atoms with van der Waals surface area (Å²) in [4.78, 5) is 11.4. The first-order valence-corrected chi connectivity index (χ1v) is 7.33. The maximum atomic E-state index is 11.4. The number of esters is 1. The zero-order valence-corrected chi connectivity index (χ0v) is 12.6. The van der Waals surface area contributed by atoms with Crippen molar-refractivity contribution in [2.75, 3.05) is 6.61 Å². The van der Waals surface area contributed by atoms with E-state index in [4.69, 9.17) is 9.47 Å². The predicted octanol–water partition coefficient (Wildman–Crippen LogP) is 3.47. The van der Waals surface area contributed by atoms with Crippen LogP contribution in [0.25, 0.3) is 0 Å². The van der Waals surface area contributed by atoms with Crippen molar-refractivity contribution in [2.24, 2.45) is 0 Å². The molecular weight excluding hydrogens is 280 g/mol. The molecule has 0 aliphatic rings. The highest BCUT2D eigenvalue weighted by atomic mass is 16.5. The molecule has 4 nitrogen and oxygen atoms in total. The number of hydrogen-bond acceptors (Lipinski definition) is 4. The van der Waals surface area contributed by atoms with Gasteiger partial charge in [0.15, 0.2) is 11.5 Å². The average Bonchev–Trinajstić information content (AvgIpc) is 2.54. The number of phenols is 1. The Hall–Kier alpha value is -2.49. The van der Waals surface area contributed by atoms with Gasteiger partial charge in [-0.1, -0.05) is 36.4 Å². The Morgan fingerprint density at radius 1 is 1.09 bits per heavy atom. The van der Waals surface area contributed by atoms with Gasteiger partial charge in [0.05, 0.1) is 6.61 Å². The van der Waals surface area contributed by atoms with Crippen molar-refractivity contribution in [3.8, 4) is 11.5 Å². The Bertz CT molecular complexity index is 608. The van der Waals surface area contributed by atoms with E-state index in [1.54, 1.807) is 25.1 Å². The smallest absolute Gasteiger partial charge is 0.306 e. The van der Waals surface area contributed by atoms with Gasteiger partial charge < -0.3 is 14.6 Å². The normalized spacial score (nSPS) is 10.2. The lowest BCUT2D eigenvalue weighted by Gasteiger charge is -2.10. The van der Waals surface area contributed by atoms with Gasteiger partial charge in [0.2, 0.25) is 0 Å². The van der Waals surface area contributed by atoms with Gasteiger partial charge in [0.25, 0.3) is 0 Å². The van der Waals surface area contributed by atoms with Gasteiger partial charge in [-0.15, -0.1) is 0 Å². The van der Waals surface area contributed by atoms with Gasteiger partial charge in [-0.2, -0.15) is 0 Å². The third-order valence-corrected chi connectivity index (χ3v) is 3.18. The summed E-state index contributed by atoms with van der Waals surface area (Å²) in [5, 5.41) is 9.86. The van der Waals surface area contributed by atoms with E-state index in [9.17, 15) is 9.90 Å². The molecule has 4 heteroatoms. The molecule has 0 saturated heterocycles. The second-order valence-corrected chi connectivity index (χ2v) is 4.88. The summed E-state index contributed by atoms with van der Waals surface area (Å²) in [5.74, 6) is 0.295. The molecule has 0 heterocycles. The third-order valence-electron chi connectivity index (χ3n) is 3.18. The van der Waals surface area contributed by atoms with E-state index in [0.29, 0.717) is 31.8 Å². The van der Waals surface area contributed by atoms with E-state index < -0.39 is 0 Å². The third kappa shape index (κ3) is 4.81. The number of phenolic OH excluding ortho intramolecular Hbond substituents is 1. The van der Waals surface area contributed by atoms with E-state index in [0.717, 1.165) is 11.1 Å². The summed E-state index contributed by atoms with van der Waals surface area (Å²) in [5.41, 5.74) is 1.95. The molecule has 0 aliphatic carbocycles. The van der Waals surface area contributed by atoms with Crippen molar-refractivity contribution in [2.45, 2.75) is 26.4 Å². The van der Waals surface area contributed by atoms with Crippen LogP contribution in [0.1, 0.15) is 24.5 Å².